The number of nitrogens with zero attached hydrogens (tertiary/aromatic N) is 4. The summed E-state index contributed by atoms with van der Waals surface area (Å²) in [6.45, 7) is 3.44. The molecule has 2 rings (SSSR count). The van der Waals surface area contributed by atoms with Gasteiger partial charge in [-0.1, -0.05) is 11.3 Å². The van der Waals surface area contributed by atoms with Gasteiger partial charge in [0.05, 0.1) is 6.20 Å². The second-order valence-corrected chi connectivity index (χ2v) is 5.76. The van der Waals surface area contributed by atoms with Crippen molar-refractivity contribution in [2.24, 2.45) is 5.92 Å². The van der Waals surface area contributed by atoms with Crippen molar-refractivity contribution in [3.8, 4) is 6.07 Å². The van der Waals surface area contributed by atoms with Gasteiger partial charge in [-0.15, -0.1) is 0 Å². The SMILES string of the molecule is CN1CCC(CN(C)c2ncc(C#N)s2)CC1. The molecule has 0 N–H and O–H groups in total. The van der Waals surface area contributed by atoms with Gasteiger partial charge in [0, 0.05) is 13.6 Å². The van der Waals surface area contributed by atoms with Crippen molar-refractivity contribution in [3.63, 3.8) is 0 Å². The molecule has 0 saturated carbocycles. The highest BCUT2D eigenvalue weighted by molar-refractivity contribution is 7.16. The maximum atomic E-state index is 8.78. The fraction of sp³-hybridized carbons (Fsp3) is 0.667. The third kappa shape index (κ3) is 3.18. The predicted molar refractivity (Wildman–Crippen MR) is 70.3 cm³/mol. The Kier molecular flexibility index (Phi) is 3.97. The summed E-state index contributed by atoms with van der Waals surface area (Å²) in [5.41, 5.74) is 0. The van der Waals surface area contributed by atoms with Crippen LogP contribution in [0.25, 0.3) is 0 Å². The molecule has 1 aliphatic rings. The van der Waals surface area contributed by atoms with Gasteiger partial charge in [0.1, 0.15) is 10.9 Å². The predicted octanol–water partition coefficient (Wildman–Crippen LogP) is 1.79. The Morgan fingerprint density at radius 1 is 1.59 bits per heavy atom. The largest absolute Gasteiger partial charge is 0.351 e. The molecule has 0 amide bonds. The molecule has 92 valence electrons. The van der Waals surface area contributed by atoms with Crippen LogP contribution in [0, 0.1) is 17.2 Å². The highest BCUT2D eigenvalue weighted by atomic mass is 32.1. The number of thiazole rings is 1. The average Bonchev–Trinajstić information content (AvgIpc) is 2.81. The van der Waals surface area contributed by atoms with Crippen LogP contribution in [0.4, 0.5) is 5.13 Å². The van der Waals surface area contributed by atoms with Gasteiger partial charge in [-0.3, -0.25) is 0 Å². The summed E-state index contributed by atoms with van der Waals surface area (Å²) < 4.78 is 0. The zero-order valence-electron chi connectivity index (χ0n) is 10.4. The number of rotatable bonds is 3. The van der Waals surface area contributed by atoms with Crippen LogP contribution in [0.15, 0.2) is 6.20 Å². The van der Waals surface area contributed by atoms with Crippen LogP contribution in [0.1, 0.15) is 17.7 Å². The second-order valence-electron chi connectivity index (χ2n) is 4.75. The first-order chi connectivity index (χ1) is 8.19. The van der Waals surface area contributed by atoms with Gasteiger partial charge >= 0.3 is 0 Å². The van der Waals surface area contributed by atoms with E-state index in [1.165, 1.54) is 37.3 Å². The van der Waals surface area contributed by atoms with E-state index in [0.717, 1.165) is 17.6 Å². The molecule has 2 heterocycles. The van der Waals surface area contributed by atoms with E-state index in [9.17, 15) is 0 Å². The Morgan fingerprint density at radius 3 is 2.88 bits per heavy atom. The van der Waals surface area contributed by atoms with Gasteiger partial charge in [0.2, 0.25) is 0 Å². The minimum atomic E-state index is 0.690. The average molecular weight is 250 g/mol. The zero-order valence-corrected chi connectivity index (χ0v) is 11.2. The lowest BCUT2D eigenvalue weighted by atomic mass is 9.97. The van der Waals surface area contributed by atoms with Crippen LogP contribution < -0.4 is 4.90 Å². The molecule has 17 heavy (non-hydrogen) atoms. The van der Waals surface area contributed by atoms with Gasteiger partial charge < -0.3 is 9.80 Å². The van der Waals surface area contributed by atoms with Crippen LogP contribution in [0.2, 0.25) is 0 Å². The molecule has 0 atom stereocenters. The highest BCUT2D eigenvalue weighted by Crippen LogP contribution is 2.24. The molecule has 5 heteroatoms. The van der Waals surface area contributed by atoms with E-state index in [0.29, 0.717) is 4.88 Å². The summed E-state index contributed by atoms with van der Waals surface area (Å²) in [7, 11) is 4.25. The van der Waals surface area contributed by atoms with Gasteiger partial charge in [-0.05, 0) is 38.9 Å². The maximum absolute atomic E-state index is 8.78. The lowest BCUT2D eigenvalue weighted by molar-refractivity contribution is 0.222. The van der Waals surface area contributed by atoms with Gasteiger partial charge in [-0.25, -0.2) is 4.98 Å². The monoisotopic (exact) mass is 250 g/mol. The minimum absolute atomic E-state index is 0.690. The van der Waals surface area contributed by atoms with Crippen molar-refractivity contribution in [1.29, 1.82) is 5.26 Å². The van der Waals surface area contributed by atoms with Crippen LogP contribution in [0.5, 0.6) is 0 Å². The number of hydrogen-bond donors (Lipinski definition) is 0. The quantitative estimate of drug-likeness (QED) is 0.820. The summed E-state index contributed by atoms with van der Waals surface area (Å²) in [5, 5.41) is 9.74. The first kappa shape index (κ1) is 12.3. The van der Waals surface area contributed by atoms with E-state index in [1.54, 1.807) is 6.20 Å². The van der Waals surface area contributed by atoms with Crippen molar-refractivity contribution in [3.05, 3.63) is 11.1 Å². The normalized spacial score (nSPS) is 17.9. The summed E-state index contributed by atoms with van der Waals surface area (Å²) in [6, 6.07) is 2.13. The molecule has 0 aromatic carbocycles. The van der Waals surface area contributed by atoms with E-state index in [4.69, 9.17) is 5.26 Å². The number of aromatic nitrogens is 1. The summed E-state index contributed by atoms with van der Waals surface area (Å²) in [4.78, 5) is 9.53. The molecule has 1 aromatic heterocycles. The molecular formula is C12H18N4S. The van der Waals surface area contributed by atoms with Crippen LogP contribution in [-0.4, -0.2) is 43.6 Å². The lowest BCUT2D eigenvalue weighted by Crippen LogP contribution is -2.35. The Bertz CT molecular complexity index is 401. The van der Waals surface area contributed by atoms with Gasteiger partial charge in [0.15, 0.2) is 5.13 Å². The molecule has 4 nitrogen and oxygen atoms in total. The van der Waals surface area contributed by atoms with E-state index in [2.05, 4.69) is 34.9 Å². The lowest BCUT2D eigenvalue weighted by Gasteiger charge is -2.31. The first-order valence-corrected chi connectivity index (χ1v) is 6.76. The summed E-state index contributed by atoms with van der Waals surface area (Å²) >= 11 is 1.47. The van der Waals surface area contributed by atoms with Crippen LogP contribution in [0.3, 0.4) is 0 Å². The number of likely N-dealkylation sites (tertiary alicyclic amines) is 1. The molecule has 1 fully saturated rings. The Morgan fingerprint density at radius 2 is 2.29 bits per heavy atom. The number of hydrogen-bond acceptors (Lipinski definition) is 5. The molecule has 0 bridgehead atoms. The molecule has 1 aliphatic heterocycles. The molecular weight excluding hydrogens is 232 g/mol. The minimum Gasteiger partial charge on any atom is -0.351 e. The smallest absolute Gasteiger partial charge is 0.186 e. The van der Waals surface area contributed by atoms with E-state index in [1.807, 2.05) is 0 Å². The summed E-state index contributed by atoms with van der Waals surface area (Å²) in [6.07, 6.45) is 4.18. The van der Waals surface area contributed by atoms with Crippen molar-refractivity contribution >= 4 is 16.5 Å². The second kappa shape index (κ2) is 5.48. The van der Waals surface area contributed by atoms with E-state index >= 15 is 0 Å². The first-order valence-electron chi connectivity index (χ1n) is 5.94. The molecule has 0 unspecified atom stereocenters. The number of nitriles is 1. The van der Waals surface area contributed by atoms with E-state index in [-0.39, 0.29) is 0 Å². The fourth-order valence-electron chi connectivity index (χ4n) is 2.20. The number of anilines is 1. The number of piperidine rings is 1. The zero-order chi connectivity index (χ0) is 12.3. The van der Waals surface area contributed by atoms with Crippen LogP contribution >= 0.6 is 11.3 Å². The summed E-state index contributed by atoms with van der Waals surface area (Å²) in [5.74, 6) is 0.755. The Balaban J connectivity index is 1.88. The van der Waals surface area contributed by atoms with Crippen molar-refractivity contribution in [2.75, 3.05) is 38.6 Å². The molecule has 0 aliphatic carbocycles. The molecule has 1 aromatic rings. The standard InChI is InChI=1S/C12H18N4S/c1-15-5-3-10(4-6-15)9-16(2)12-14-8-11(7-13)17-12/h8,10H,3-6,9H2,1-2H3. The fourth-order valence-corrected chi connectivity index (χ4v) is 2.89. The van der Waals surface area contributed by atoms with E-state index < -0.39 is 0 Å². The Hall–Kier alpha value is -1.12. The van der Waals surface area contributed by atoms with Crippen molar-refractivity contribution in [2.45, 2.75) is 12.8 Å². The molecule has 0 spiro atoms. The third-order valence-corrected chi connectivity index (χ3v) is 4.32. The van der Waals surface area contributed by atoms with Gasteiger partial charge in [0.25, 0.3) is 0 Å². The maximum Gasteiger partial charge on any atom is 0.186 e. The van der Waals surface area contributed by atoms with Crippen molar-refractivity contribution < 1.29 is 0 Å². The topological polar surface area (TPSA) is 43.2 Å². The molecule has 0 radical (unpaired) electrons. The van der Waals surface area contributed by atoms with Gasteiger partial charge in [-0.2, -0.15) is 5.26 Å². The van der Waals surface area contributed by atoms with Crippen molar-refractivity contribution in [1.82, 2.24) is 9.88 Å². The Labute approximate surface area is 106 Å². The molecule has 1 saturated heterocycles. The highest BCUT2D eigenvalue weighted by Gasteiger charge is 2.19. The van der Waals surface area contributed by atoms with Crippen LogP contribution in [-0.2, 0) is 0 Å². The third-order valence-electron chi connectivity index (χ3n) is 3.30.